The Morgan fingerprint density at radius 2 is 2.22 bits per heavy atom. The Balaban J connectivity index is 2.33. The quantitative estimate of drug-likeness (QED) is 0.838. The largest absolute Gasteiger partial charge is 0.369 e. The molecule has 0 fully saturated rings. The molecule has 1 unspecified atom stereocenters. The van der Waals surface area contributed by atoms with Crippen LogP contribution in [0.15, 0.2) is 30.5 Å². The molecular formula is C14H19N3O. The summed E-state index contributed by atoms with van der Waals surface area (Å²) in [6.07, 6.45) is 2.01. The molecule has 0 saturated heterocycles. The zero-order valence-electron chi connectivity index (χ0n) is 10.8. The fourth-order valence-corrected chi connectivity index (χ4v) is 2.09. The molecule has 4 nitrogen and oxygen atoms in total. The van der Waals surface area contributed by atoms with Crippen molar-refractivity contribution < 1.29 is 4.79 Å². The lowest BCUT2D eigenvalue weighted by Crippen LogP contribution is -2.24. The van der Waals surface area contributed by atoms with E-state index in [1.165, 1.54) is 10.9 Å². The summed E-state index contributed by atoms with van der Waals surface area (Å²) in [5.41, 5.74) is 7.69. The molecule has 4 heteroatoms. The highest BCUT2D eigenvalue weighted by Crippen LogP contribution is 2.19. The van der Waals surface area contributed by atoms with Crippen molar-refractivity contribution in [2.75, 3.05) is 7.05 Å². The first-order valence-corrected chi connectivity index (χ1v) is 6.13. The van der Waals surface area contributed by atoms with Crippen LogP contribution in [0.25, 0.3) is 10.9 Å². The summed E-state index contributed by atoms with van der Waals surface area (Å²) in [5.74, 6) is -0.420. The fraction of sp³-hybridized carbons (Fsp3) is 0.357. The van der Waals surface area contributed by atoms with Gasteiger partial charge in [-0.2, -0.15) is 0 Å². The maximum absolute atomic E-state index is 11.1. The number of primary amides is 1. The van der Waals surface area contributed by atoms with Crippen molar-refractivity contribution >= 4 is 16.8 Å². The number of rotatable bonds is 5. The molecule has 18 heavy (non-hydrogen) atoms. The number of fused-ring (bicyclic) bond motifs is 1. The molecule has 0 aliphatic heterocycles. The van der Waals surface area contributed by atoms with Gasteiger partial charge in [0.15, 0.2) is 0 Å². The third kappa shape index (κ3) is 2.54. The summed E-state index contributed by atoms with van der Waals surface area (Å²) >= 11 is 0. The Morgan fingerprint density at radius 3 is 2.89 bits per heavy atom. The number of benzene rings is 1. The van der Waals surface area contributed by atoms with Gasteiger partial charge in [-0.05, 0) is 30.1 Å². The van der Waals surface area contributed by atoms with E-state index in [2.05, 4.69) is 34.1 Å². The highest BCUT2D eigenvalue weighted by atomic mass is 16.1. The maximum atomic E-state index is 11.1. The van der Waals surface area contributed by atoms with Crippen molar-refractivity contribution in [1.82, 2.24) is 9.88 Å². The molecule has 1 aromatic carbocycles. The summed E-state index contributed by atoms with van der Waals surface area (Å²) in [6, 6.07) is 8.43. The van der Waals surface area contributed by atoms with Crippen LogP contribution in [-0.4, -0.2) is 17.5 Å². The standard InChI is InChI=1S/C14H19N3O/c1-10(14(15)18)9-17-6-5-12-4-3-11(8-16-2)7-13(12)17/h3-7,10,16H,8-9H2,1-2H3,(H2,15,18). The van der Waals surface area contributed by atoms with Crippen molar-refractivity contribution in [2.45, 2.75) is 20.0 Å². The van der Waals surface area contributed by atoms with Gasteiger partial charge in [-0.15, -0.1) is 0 Å². The summed E-state index contributed by atoms with van der Waals surface area (Å²) in [4.78, 5) is 11.1. The van der Waals surface area contributed by atoms with Crippen LogP contribution in [0.5, 0.6) is 0 Å². The van der Waals surface area contributed by atoms with Crippen LogP contribution in [-0.2, 0) is 17.9 Å². The second-order valence-corrected chi connectivity index (χ2v) is 4.70. The van der Waals surface area contributed by atoms with Crippen LogP contribution in [0.2, 0.25) is 0 Å². The monoisotopic (exact) mass is 245 g/mol. The third-order valence-corrected chi connectivity index (χ3v) is 3.18. The predicted octanol–water partition coefficient (Wildman–Crippen LogP) is 1.48. The summed E-state index contributed by atoms with van der Waals surface area (Å²) in [6.45, 7) is 3.32. The van der Waals surface area contributed by atoms with E-state index in [0.29, 0.717) is 6.54 Å². The molecule has 0 bridgehead atoms. The van der Waals surface area contributed by atoms with Crippen molar-refractivity contribution in [2.24, 2.45) is 11.7 Å². The van der Waals surface area contributed by atoms with Crippen molar-refractivity contribution in [3.63, 3.8) is 0 Å². The Labute approximate surface area is 107 Å². The van der Waals surface area contributed by atoms with Gasteiger partial charge in [0.25, 0.3) is 0 Å². The van der Waals surface area contributed by atoms with E-state index < -0.39 is 0 Å². The van der Waals surface area contributed by atoms with E-state index >= 15 is 0 Å². The Bertz CT molecular complexity index is 559. The van der Waals surface area contributed by atoms with Gasteiger partial charge >= 0.3 is 0 Å². The molecule has 0 saturated carbocycles. The number of hydrogen-bond acceptors (Lipinski definition) is 2. The minimum absolute atomic E-state index is 0.159. The lowest BCUT2D eigenvalue weighted by Gasteiger charge is -2.10. The topological polar surface area (TPSA) is 60.1 Å². The van der Waals surface area contributed by atoms with Gasteiger partial charge in [-0.1, -0.05) is 19.1 Å². The first-order valence-electron chi connectivity index (χ1n) is 6.13. The lowest BCUT2D eigenvalue weighted by atomic mass is 10.1. The summed E-state index contributed by atoms with van der Waals surface area (Å²) in [7, 11) is 1.93. The van der Waals surface area contributed by atoms with E-state index in [4.69, 9.17) is 5.73 Å². The van der Waals surface area contributed by atoms with Gasteiger partial charge in [0, 0.05) is 24.8 Å². The van der Waals surface area contributed by atoms with Crippen LogP contribution >= 0.6 is 0 Å². The molecule has 0 spiro atoms. The van der Waals surface area contributed by atoms with E-state index in [0.717, 1.165) is 12.1 Å². The fourth-order valence-electron chi connectivity index (χ4n) is 2.09. The molecule has 1 aromatic heterocycles. The van der Waals surface area contributed by atoms with Crippen LogP contribution in [0.1, 0.15) is 12.5 Å². The molecule has 96 valence electrons. The first kappa shape index (κ1) is 12.6. The highest BCUT2D eigenvalue weighted by Gasteiger charge is 2.11. The molecule has 1 heterocycles. The zero-order valence-corrected chi connectivity index (χ0v) is 10.8. The number of nitrogens with two attached hydrogens (primary N) is 1. The number of nitrogens with one attached hydrogen (secondary N) is 1. The minimum Gasteiger partial charge on any atom is -0.369 e. The smallest absolute Gasteiger partial charge is 0.222 e. The Morgan fingerprint density at radius 1 is 1.44 bits per heavy atom. The van der Waals surface area contributed by atoms with Crippen LogP contribution in [0.4, 0.5) is 0 Å². The molecule has 0 aliphatic rings. The van der Waals surface area contributed by atoms with E-state index in [9.17, 15) is 4.79 Å². The van der Waals surface area contributed by atoms with E-state index in [1.54, 1.807) is 0 Å². The van der Waals surface area contributed by atoms with Crippen molar-refractivity contribution in [1.29, 1.82) is 0 Å². The second-order valence-electron chi connectivity index (χ2n) is 4.70. The molecule has 2 aromatic rings. The predicted molar refractivity (Wildman–Crippen MR) is 73.1 cm³/mol. The van der Waals surface area contributed by atoms with Gasteiger partial charge in [-0.25, -0.2) is 0 Å². The maximum Gasteiger partial charge on any atom is 0.222 e. The number of aromatic nitrogens is 1. The third-order valence-electron chi connectivity index (χ3n) is 3.18. The summed E-state index contributed by atoms with van der Waals surface area (Å²) in [5, 5.41) is 4.32. The number of carbonyl (C=O) groups is 1. The molecule has 3 N–H and O–H groups in total. The number of hydrogen-bond donors (Lipinski definition) is 2. The van der Waals surface area contributed by atoms with Crippen LogP contribution in [0.3, 0.4) is 0 Å². The Hall–Kier alpha value is -1.81. The molecule has 0 aliphatic carbocycles. The average Bonchev–Trinajstić information content (AvgIpc) is 2.72. The molecule has 1 atom stereocenters. The van der Waals surface area contributed by atoms with Gasteiger partial charge in [0.2, 0.25) is 5.91 Å². The van der Waals surface area contributed by atoms with Crippen molar-refractivity contribution in [3.05, 3.63) is 36.0 Å². The number of amides is 1. The summed E-state index contributed by atoms with van der Waals surface area (Å²) < 4.78 is 2.09. The molecular weight excluding hydrogens is 226 g/mol. The molecule has 2 rings (SSSR count). The number of carbonyl (C=O) groups excluding carboxylic acids is 1. The zero-order chi connectivity index (χ0) is 13.1. The molecule has 0 radical (unpaired) electrons. The SMILES string of the molecule is CNCc1ccc2ccn(CC(C)C(N)=O)c2c1. The van der Waals surface area contributed by atoms with Gasteiger partial charge in [0.05, 0.1) is 5.92 Å². The second kappa shape index (κ2) is 5.23. The average molecular weight is 245 g/mol. The lowest BCUT2D eigenvalue weighted by molar-refractivity contribution is -0.121. The Kier molecular flexibility index (Phi) is 3.67. The van der Waals surface area contributed by atoms with Gasteiger partial charge in [0.1, 0.15) is 0 Å². The first-order chi connectivity index (χ1) is 8.61. The van der Waals surface area contributed by atoms with Crippen molar-refractivity contribution in [3.8, 4) is 0 Å². The molecule has 1 amide bonds. The normalized spacial score (nSPS) is 12.8. The van der Waals surface area contributed by atoms with Crippen LogP contribution in [0, 0.1) is 5.92 Å². The van der Waals surface area contributed by atoms with E-state index in [-0.39, 0.29) is 11.8 Å². The highest BCUT2D eigenvalue weighted by molar-refractivity contribution is 5.81. The van der Waals surface area contributed by atoms with E-state index in [1.807, 2.05) is 20.2 Å². The minimum atomic E-state index is -0.261. The van der Waals surface area contributed by atoms with Gasteiger partial charge in [-0.3, -0.25) is 4.79 Å². The van der Waals surface area contributed by atoms with Gasteiger partial charge < -0.3 is 15.6 Å². The number of nitrogens with zero attached hydrogens (tertiary/aromatic N) is 1. The van der Waals surface area contributed by atoms with Crippen LogP contribution < -0.4 is 11.1 Å².